The highest BCUT2D eigenvalue weighted by Gasteiger charge is 2.26. The van der Waals surface area contributed by atoms with Crippen molar-refractivity contribution in [2.24, 2.45) is 11.1 Å². The molecule has 106 valence electrons. The summed E-state index contributed by atoms with van der Waals surface area (Å²) in [7, 11) is -3.62. The molecule has 0 aliphatic carbocycles. The number of halogens is 2. The third-order valence-corrected chi connectivity index (χ3v) is 5.99. The smallest absolute Gasteiger partial charge is 0.241 e. The molecule has 0 amide bonds. The first kappa shape index (κ1) is 17.0. The van der Waals surface area contributed by atoms with Gasteiger partial charge in [0.2, 0.25) is 10.0 Å². The number of nitrogens with two attached hydrogens (primary N) is 1. The highest BCUT2D eigenvalue weighted by molar-refractivity contribution is 9.11. The molecule has 0 fully saturated rings. The van der Waals surface area contributed by atoms with Crippen LogP contribution in [0, 0.1) is 5.41 Å². The Balaban J connectivity index is 3.00. The molecule has 3 N–H and O–H groups in total. The fourth-order valence-corrected chi connectivity index (χ4v) is 3.91. The van der Waals surface area contributed by atoms with Crippen molar-refractivity contribution in [2.45, 2.75) is 18.7 Å². The topological polar surface area (TPSA) is 72.2 Å². The molecule has 1 aromatic carbocycles. The molecule has 0 atom stereocenters. The minimum atomic E-state index is -3.62. The number of hydrogen-bond acceptors (Lipinski definition) is 3. The molecule has 0 heterocycles. The fraction of sp³-hybridized carbons (Fsp3) is 0.364. The van der Waals surface area contributed by atoms with E-state index in [1.807, 2.05) is 0 Å². The maximum absolute atomic E-state index is 12.2. The largest absolute Gasteiger partial charge is 0.393 e. The summed E-state index contributed by atoms with van der Waals surface area (Å²) in [5, 5.41) is 0. The summed E-state index contributed by atoms with van der Waals surface area (Å²) in [6.07, 6.45) is 0. The van der Waals surface area contributed by atoms with Gasteiger partial charge in [0.05, 0.1) is 9.88 Å². The van der Waals surface area contributed by atoms with Crippen LogP contribution in [0.15, 0.2) is 32.0 Å². The lowest BCUT2D eigenvalue weighted by Gasteiger charge is -2.23. The van der Waals surface area contributed by atoms with Gasteiger partial charge in [0.15, 0.2) is 0 Å². The van der Waals surface area contributed by atoms with E-state index in [0.717, 1.165) is 0 Å². The summed E-state index contributed by atoms with van der Waals surface area (Å²) < 4.78 is 28.2. The summed E-state index contributed by atoms with van der Waals surface area (Å²) in [5.74, 6) is 0. The van der Waals surface area contributed by atoms with E-state index in [1.54, 1.807) is 26.0 Å². The number of benzene rings is 1. The predicted molar refractivity (Wildman–Crippen MR) is 87.6 cm³/mol. The Morgan fingerprint density at radius 2 is 2.00 bits per heavy atom. The first-order valence-electron chi connectivity index (χ1n) is 5.31. The molecule has 19 heavy (non-hydrogen) atoms. The van der Waals surface area contributed by atoms with Crippen molar-refractivity contribution in [3.8, 4) is 0 Å². The van der Waals surface area contributed by atoms with Crippen molar-refractivity contribution < 1.29 is 8.42 Å². The monoisotopic (exact) mass is 428 g/mol. The average Bonchev–Trinajstić information content (AvgIpc) is 2.30. The first-order chi connectivity index (χ1) is 8.56. The lowest BCUT2D eigenvalue weighted by Crippen LogP contribution is -2.41. The molecule has 0 radical (unpaired) electrons. The quantitative estimate of drug-likeness (QED) is 0.706. The lowest BCUT2D eigenvalue weighted by molar-refractivity contribution is 0.501. The molecular weight excluding hydrogens is 416 g/mol. The second kappa shape index (κ2) is 6.17. The SMILES string of the molecule is CC(C)(CNS(=O)(=O)c1cc(Br)ccc1Br)C(N)=S. The maximum Gasteiger partial charge on any atom is 0.241 e. The van der Waals surface area contributed by atoms with Crippen LogP contribution in [0.2, 0.25) is 0 Å². The van der Waals surface area contributed by atoms with E-state index in [1.165, 1.54) is 6.07 Å². The fourth-order valence-electron chi connectivity index (χ4n) is 1.12. The van der Waals surface area contributed by atoms with Crippen molar-refractivity contribution in [1.29, 1.82) is 0 Å². The molecule has 0 aliphatic heterocycles. The summed E-state index contributed by atoms with van der Waals surface area (Å²) >= 11 is 11.4. The van der Waals surface area contributed by atoms with Gasteiger partial charge in [0.1, 0.15) is 0 Å². The van der Waals surface area contributed by atoms with Crippen molar-refractivity contribution in [2.75, 3.05) is 6.54 Å². The molecule has 0 saturated carbocycles. The van der Waals surface area contributed by atoms with Crippen LogP contribution in [0.1, 0.15) is 13.8 Å². The van der Waals surface area contributed by atoms with Gasteiger partial charge < -0.3 is 5.73 Å². The maximum atomic E-state index is 12.2. The number of hydrogen-bond donors (Lipinski definition) is 2. The first-order valence-corrected chi connectivity index (χ1v) is 8.78. The second-order valence-electron chi connectivity index (χ2n) is 4.65. The Kier molecular flexibility index (Phi) is 5.53. The van der Waals surface area contributed by atoms with Gasteiger partial charge in [-0.1, -0.05) is 42.0 Å². The summed E-state index contributed by atoms with van der Waals surface area (Å²) in [5.41, 5.74) is 4.99. The molecule has 0 spiro atoms. The van der Waals surface area contributed by atoms with E-state index >= 15 is 0 Å². The van der Waals surface area contributed by atoms with Crippen LogP contribution in [0.25, 0.3) is 0 Å². The summed E-state index contributed by atoms with van der Waals surface area (Å²) in [4.78, 5) is 0.434. The Bertz CT molecular complexity index is 601. The third kappa shape index (κ3) is 4.49. The van der Waals surface area contributed by atoms with E-state index in [9.17, 15) is 8.42 Å². The van der Waals surface area contributed by atoms with E-state index in [0.29, 0.717) is 8.95 Å². The van der Waals surface area contributed by atoms with Gasteiger partial charge in [0, 0.05) is 20.9 Å². The Morgan fingerprint density at radius 3 is 2.53 bits per heavy atom. The second-order valence-corrected chi connectivity index (χ2v) is 8.59. The summed E-state index contributed by atoms with van der Waals surface area (Å²) in [6, 6.07) is 4.94. The number of nitrogens with one attached hydrogen (secondary N) is 1. The van der Waals surface area contributed by atoms with E-state index in [2.05, 4.69) is 36.6 Å². The van der Waals surface area contributed by atoms with Gasteiger partial charge in [-0.15, -0.1) is 0 Å². The normalized spacial score (nSPS) is 12.4. The van der Waals surface area contributed by atoms with E-state index in [4.69, 9.17) is 18.0 Å². The molecule has 0 saturated heterocycles. The number of thiocarbonyl (C=S) groups is 1. The highest BCUT2D eigenvalue weighted by Crippen LogP contribution is 2.26. The van der Waals surface area contributed by atoms with Crippen LogP contribution in [-0.2, 0) is 10.0 Å². The van der Waals surface area contributed by atoms with E-state index in [-0.39, 0.29) is 16.4 Å². The van der Waals surface area contributed by atoms with Crippen LogP contribution in [0.5, 0.6) is 0 Å². The summed E-state index contributed by atoms with van der Waals surface area (Å²) in [6.45, 7) is 3.71. The molecule has 0 aromatic heterocycles. The Labute approximate surface area is 135 Å². The average molecular weight is 430 g/mol. The zero-order valence-electron chi connectivity index (χ0n) is 10.4. The molecule has 1 rings (SSSR count). The standard InChI is InChI=1S/C11H14Br2N2O2S2/c1-11(2,10(14)18)6-15-19(16,17)9-5-7(12)3-4-8(9)13/h3-5,15H,6H2,1-2H3,(H2,14,18). The number of sulfonamides is 1. The molecular formula is C11H14Br2N2O2S2. The number of rotatable bonds is 5. The van der Waals surface area contributed by atoms with Gasteiger partial charge in [-0.3, -0.25) is 0 Å². The van der Waals surface area contributed by atoms with E-state index < -0.39 is 15.4 Å². The minimum absolute atomic E-state index is 0.142. The zero-order chi connectivity index (χ0) is 14.8. The van der Waals surface area contributed by atoms with Crippen LogP contribution in [0.4, 0.5) is 0 Å². The van der Waals surface area contributed by atoms with Gasteiger partial charge in [-0.25, -0.2) is 13.1 Å². The molecule has 1 aromatic rings. The Hall–Kier alpha value is -0.0200. The van der Waals surface area contributed by atoms with Gasteiger partial charge in [-0.2, -0.15) is 0 Å². The minimum Gasteiger partial charge on any atom is -0.393 e. The molecule has 4 nitrogen and oxygen atoms in total. The molecule has 0 aliphatic rings. The van der Waals surface area contributed by atoms with Crippen molar-refractivity contribution in [3.63, 3.8) is 0 Å². The zero-order valence-corrected chi connectivity index (χ0v) is 15.2. The Morgan fingerprint density at radius 1 is 1.42 bits per heavy atom. The van der Waals surface area contributed by atoms with Crippen LogP contribution >= 0.6 is 44.1 Å². The van der Waals surface area contributed by atoms with Crippen LogP contribution in [0.3, 0.4) is 0 Å². The van der Waals surface area contributed by atoms with Gasteiger partial charge in [0.25, 0.3) is 0 Å². The molecule has 0 unspecified atom stereocenters. The van der Waals surface area contributed by atoms with Crippen LogP contribution < -0.4 is 10.5 Å². The predicted octanol–water partition coefficient (Wildman–Crippen LogP) is 2.80. The lowest BCUT2D eigenvalue weighted by atomic mass is 9.94. The van der Waals surface area contributed by atoms with Crippen molar-refractivity contribution in [1.82, 2.24) is 4.72 Å². The molecule has 8 heteroatoms. The van der Waals surface area contributed by atoms with Crippen molar-refractivity contribution >= 4 is 59.1 Å². The highest BCUT2D eigenvalue weighted by atomic mass is 79.9. The third-order valence-electron chi connectivity index (χ3n) is 2.55. The van der Waals surface area contributed by atoms with Crippen molar-refractivity contribution in [3.05, 3.63) is 27.1 Å². The van der Waals surface area contributed by atoms with Gasteiger partial charge in [-0.05, 0) is 34.1 Å². The molecule has 0 bridgehead atoms. The van der Waals surface area contributed by atoms with Crippen LogP contribution in [-0.4, -0.2) is 20.0 Å². The van der Waals surface area contributed by atoms with Gasteiger partial charge >= 0.3 is 0 Å².